The van der Waals surface area contributed by atoms with E-state index < -0.39 is 20.8 Å². The topological polar surface area (TPSA) is 113 Å². The van der Waals surface area contributed by atoms with Crippen LogP contribution in [0.2, 0.25) is 0 Å². The third-order valence-corrected chi connectivity index (χ3v) is 4.06. The Morgan fingerprint density at radius 2 is 1.95 bits per heavy atom. The lowest BCUT2D eigenvalue weighted by molar-refractivity contribution is -0.385. The lowest BCUT2D eigenvalue weighted by atomic mass is 10.2. The van der Waals surface area contributed by atoms with Crippen LogP contribution >= 0.6 is 0 Å². The van der Waals surface area contributed by atoms with Gasteiger partial charge in [-0.25, -0.2) is 12.8 Å². The molecule has 0 aliphatic heterocycles. The maximum atomic E-state index is 13.2. The van der Waals surface area contributed by atoms with E-state index in [4.69, 9.17) is 5.26 Å². The van der Waals surface area contributed by atoms with E-state index >= 15 is 0 Å². The number of sulfonamides is 1. The number of halogens is 1. The van der Waals surface area contributed by atoms with Crippen LogP contribution in [0.3, 0.4) is 0 Å². The Morgan fingerprint density at radius 3 is 2.59 bits per heavy atom. The molecule has 0 radical (unpaired) electrons. The summed E-state index contributed by atoms with van der Waals surface area (Å²) in [5, 5.41) is 19.4. The lowest BCUT2D eigenvalue weighted by Gasteiger charge is -2.08. The third kappa shape index (κ3) is 3.18. The molecular weight excluding hydrogens is 313 g/mol. The molecule has 0 aromatic heterocycles. The summed E-state index contributed by atoms with van der Waals surface area (Å²) >= 11 is 0. The van der Waals surface area contributed by atoms with Gasteiger partial charge in [-0.15, -0.1) is 0 Å². The van der Waals surface area contributed by atoms with Gasteiger partial charge in [0.15, 0.2) is 0 Å². The second-order valence-corrected chi connectivity index (χ2v) is 5.85. The average molecular weight is 321 g/mol. The van der Waals surface area contributed by atoms with Crippen LogP contribution in [0.25, 0.3) is 0 Å². The van der Waals surface area contributed by atoms with E-state index in [-0.39, 0.29) is 21.8 Å². The molecule has 0 bridgehead atoms. The van der Waals surface area contributed by atoms with E-state index in [0.717, 1.165) is 30.3 Å². The summed E-state index contributed by atoms with van der Waals surface area (Å²) in [7, 11) is -4.09. The molecule has 9 heteroatoms. The van der Waals surface area contributed by atoms with Gasteiger partial charge in [-0.3, -0.25) is 14.8 Å². The molecule has 0 aliphatic carbocycles. The fourth-order valence-corrected chi connectivity index (χ4v) is 2.74. The number of nitrogens with zero attached hydrogens (tertiary/aromatic N) is 2. The number of nitro groups is 1. The predicted molar refractivity (Wildman–Crippen MR) is 75.0 cm³/mol. The molecule has 2 rings (SSSR count). The van der Waals surface area contributed by atoms with Crippen LogP contribution in [0.15, 0.2) is 47.4 Å². The Balaban J connectivity index is 2.38. The van der Waals surface area contributed by atoms with Crippen LogP contribution in [0.5, 0.6) is 0 Å². The summed E-state index contributed by atoms with van der Waals surface area (Å²) < 4.78 is 39.6. The highest BCUT2D eigenvalue weighted by Crippen LogP contribution is 2.21. The van der Waals surface area contributed by atoms with Crippen molar-refractivity contribution in [3.8, 4) is 6.07 Å². The minimum absolute atomic E-state index is 0.0237. The molecule has 7 nitrogen and oxygen atoms in total. The maximum Gasteiger partial charge on any atom is 0.270 e. The molecule has 0 heterocycles. The van der Waals surface area contributed by atoms with Crippen molar-refractivity contribution < 1.29 is 17.7 Å². The summed E-state index contributed by atoms with van der Waals surface area (Å²) in [5.41, 5.74) is -0.719. The van der Waals surface area contributed by atoms with E-state index in [0.29, 0.717) is 0 Å². The van der Waals surface area contributed by atoms with Gasteiger partial charge in [0.2, 0.25) is 0 Å². The van der Waals surface area contributed by atoms with Gasteiger partial charge >= 0.3 is 0 Å². The van der Waals surface area contributed by atoms with Crippen molar-refractivity contribution in [3.63, 3.8) is 0 Å². The van der Waals surface area contributed by atoms with Gasteiger partial charge in [-0.2, -0.15) is 5.26 Å². The van der Waals surface area contributed by atoms with Crippen LogP contribution in [-0.2, 0) is 10.0 Å². The zero-order valence-electron chi connectivity index (χ0n) is 10.9. The highest BCUT2D eigenvalue weighted by Gasteiger charge is 2.18. The van der Waals surface area contributed by atoms with Crippen LogP contribution in [-0.4, -0.2) is 13.3 Å². The van der Waals surface area contributed by atoms with Gasteiger partial charge in [-0.1, -0.05) is 6.07 Å². The van der Waals surface area contributed by atoms with Crippen molar-refractivity contribution in [1.82, 2.24) is 0 Å². The molecule has 0 saturated heterocycles. The number of non-ortho nitro benzene ring substituents is 1. The molecule has 2 aromatic rings. The number of anilines is 1. The molecule has 0 aliphatic rings. The quantitative estimate of drug-likeness (QED) is 0.686. The Hall–Kier alpha value is -2.99. The monoisotopic (exact) mass is 321 g/mol. The normalized spacial score (nSPS) is 10.7. The SMILES string of the molecule is N#Cc1cc(NS(=O)(=O)c2cccc([N+](=O)[O-])c2)ccc1F. The number of hydrogen-bond donors (Lipinski definition) is 1. The average Bonchev–Trinajstić information content (AvgIpc) is 2.49. The van der Waals surface area contributed by atoms with Gasteiger partial charge in [0.05, 0.1) is 21.1 Å². The van der Waals surface area contributed by atoms with Gasteiger partial charge < -0.3 is 0 Å². The third-order valence-electron chi connectivity index (χ3n) is 2.68. The molecule has 0 fully saturated rings. The van der Waals surface area contributed by atoms with Crippen LogP contribution in [0.1, 0.15) is 5.56 Å². The van der Waals surface area contributed by atoms with E-state index in [2.05, 4.69) is 4.72 Å². The van der Waals surface area contributed by atoms with Crippen molar-refractivity contribution in [3.05, 3.63) is 64.0 Å². The molecule has 22 heavy (non-hydrogen) atoms. The second kappa shape index (κ2) is 5.79. The first-order chi connectivity index (χ1) is 10.3. The number of benzene rings is 2. The number of nitriles is 1. The molecule has 0 unspecified atom stereocenters. The van der Waals surface area contributed by atoms with Gasteiger partial charge in [0, 0.05) is 12.1 Å². The highest BCUT2D eigenvalue weighted by atomic mass is 32.2. The van der Waals surface area contributed by atoms with Gasteiger partial charge in [-0.05, 0) is 24.3 Å². The van der Waals surface area contributed by atoms with E-state index in [1.165, 1.54) is 12.1 Å². The number of rotatable bonds is 4. The lowest BCUT2D eigenvalue weighted by Crippen LogP contribution is -2.13. The van der Waals surface area contributed by atoms with Crippen molar-refractivity contribution in [2.75, 3.05) is 4.72 Å². The standard InChI is InChI=1S/C13H8FN3O4S/c14-13-5-4-10(6-9(13)8-15)16-22(20,21)12-3-1-2-11(7-12)17(18)19/h1-7,16H. The van der Waals surface area contributed by atoms with E-state index in [9.17, 15) is 22.9 Å². The molecule has 0 spiro atoms. The minimum Gasteiger partial charge on any atom is -0.280 e. The Kier molecular flexibility index (Phi) is 4.05. The molecule has 2 aromatic carbocycles. The molecule has 1 N–H and O–H groups in total. The Morgan fingerprint density at radius 1 is 1.23 bits per heavy atom. The van der Waals surface area contributed by atoms with E-state index in [1.807, 2.05) is 0 Å². The largest absolute Gasteiger partial charge is 0.280 e. The smallest absolute Gasteiger partial charge is 0.270 e. The van der Waals surface area contributed by atoms with Crippen molar-refractivity contribution in [1.29, 1.82) is 5.26 Å². The van der Waals surface area contributed by atoms with Gasteiger partial charge in [0.1, 0.15) is 11.9 Å². The van der Waals surface area contributed by atoms with Gasteiger partial charge in [0.25, 0.3) is 15.7 Å². The van der Waals surface area contributed by atoms with Crippen molar-refractivity contribution in [2.24, 2.45) is 0 Å². The fourth-order valence-electron chi connectivity index (χ4n) is 1.65. The first kappa shape index (κ1) is 15.4. The number of nitrogens with one attached hydrogen (secondary N) is 1. The second-order valence-electron chi connectivity index (χ2n) is 4.17. The van der Waals surface area contributed by atoms with Crippen LogP contribution < -0.4 is 4.72 Å². The van der Waals surface area contributed by atoms with Crippen LogP contribution in [0, 0.1) is 27.3 Å². The zero-order valence-corrected chi connectivity index (χ0v) is 11.7. The molecule has 0 saturated carbocycles. The zero-order chi connectivity index (χ0) is 16.3. The van der Waals surface area contributed by atoms with E-state index in [1.54, 1.807) is 6.07 Å². The molecule has 0 atom stereocenters. The molecule has 112 valence electrons. The first-order valence-corrected chi connectivity index (χ1v) is 7.29. The summed E-state index contributed by atoms with van der Waals surface area (Å²) in [4.78, 5) is 9.64. The molecule has 0 amide bonds. The highest BCUT2D eigenvalue weighted by molar-refractivity contribution is 7.92. The van der Waals surface area contributed by atoms with Crippen molar-refractivity contribution >= 4 is 21.4 Å². The molecular formula is C13H8FN3O4S. The Bertz CT molecular complexity index is 890. The Labute approximate surface area is 124 Å². The summed E-state index contributed by atoms with van der Waals surface area (Å²) in [6, 6.07) is 9.19. The number of hydrogen-bond acceptors (Lipinski definition) is 5. The summed E-state index contributed by atoms with van der Waals surface area (Å²) in [6.45, 7) is 0. The summed E-state index contributed by atoms with van der Waals surface area (Å²) in [5.74, 6) is -0.777. The number of nitro benzene ring substituents is 1. The maximum absolute atomic E-state index is 13.2. The first-order valence-electron chi connectivity index (χ1n) is 5.80. The fraction of sp³-hybridized carbons (Fsp3) is 0. The van der Waals surface area contributed by atoms with Crippen molar-refractivity contribution in [2.45, 2.75) is 4.90 Å². The minimum atomic E-state index is -4.09. The van der Waals surface area contributed by atoms with Crippen LogP contribution in [0.4, 0.5) is 15.8 Å². The predicted octanol–water partition coefficient (Wildman–Crippen LogP) is 2.41. The summed E-state index contributed by atoms with van der Waals surface area (Å²) in [6.07, 6.45) is 0.